The van der Waals surface area contributed by atoms with Crippen molar-refractivity contribution in [1.82, 2.24) is 5.32 Å². The standard InChI is InChI=1S/C18H22N2S/c1-14-7-8-17(15(2)13-14)21-18-6-4-3-5-16(18)20-11-9-19-10-12-20/h3-8,13,19H,9-12H2,1-2H3/i1D3. The normalized spacial score (nSPS) is 18.0. The second-order valence-corrected chi connectivity index (χ2v) is 6.37. The second kappa shape index (κ2) is 6.54. The van der Waals surface area contributed by atoms with Gasteiger partial charge in [0.1, 0.15) is 0 Å². The van der Waals surface area contributed by atoms with Gasteiger partial charge < -0.3 is 10.2 Å². The van der Waals surface area contributed by atoms with E-state index in [9.17, 15) is 0 Å². The van der Waals surface area contributed by atoms with Crippen LogP contribution in [0.2, 0.25) is 0 Å². The molecular weight excluding hydrogens is 276 g/mol. The predicted molar refractivity (Wildman–Crippen MR) is 91.6 cm³/mol. The molecular formula is C18H22N2S. The highest BCUT2D eigenvalue weighted by atomic mass is 32.2. The van der Waals surface area contributed by atoms with Gasteiger partial charge in [-0.1, -0.05) is 41.6 Å². The molecule has 1 heterocycles. The summed E-state index contributed by atoms with van der Waals surface area (Å²) in [5.74, 6) is 0. The van der Waals surface area contributed by atoms with Crippen molar-refractivity contribution in [2.75, 3.05) is 31.1 Å². The second-order valence-electron chi connectivity index (χ2n) is 5.29. The third-order valence-electron chi connectivity index (χ3n) is 3.72. The number of hydrogen-bond donors (Lipinski definition) is 1. The molecule has 0 amide bonds. The summed E-state index contributed by atoms with van der Waals surface area (Å²) < 4.78 is 22.6. The van der Waals surface area contributed by atoms with Gasteiger partial charge in [-0.15, -0.1) is 0 Å². The number of hydrogen-bond acceptors (Lipinski definition) is 3. The van der Waals surface area contributed by atoms with Crippen LogP contribution in [-0.2, 0) is 0 Å². The first-order chi connectivity index (χ1) is 11.4. The van der Waals surface area contributed by atoms with E-state index >= 15 is 0 Å². The summed E-state index contributed by atoms with van der Waals surface area (Å²) in [4.78, 5) is 4.72. The minimum absolute atomic E-state index is 0.403. The number of nitrogens with one attached hydrogen (secondary N) is 1. The highest BCUT2D eigenvalue weighted by molar-refractivity contribution is 7.99. The fraction of sp³-hybridized carbons (Fsp3) is 0.333. The molecule has 1 saturated heterocycles. The topological polar surface area (TPSA) is 15.3 Å². The Bertz CT molecular complexity index is 710. The average Bonchev–Trinajstić information content (AvgIpc) is 2.57. The lowest BCUT2D eigenvalue weighted by atomic mass is 10.2. The van der Waals surface area contributed by atoms with Gasteiger partial charge >= 0.3 is 0 Å². The third kappa shape index (κ3) is 3.42. The van der Waals surface area contributed by atoms with Crippen LogP contribution in [0, 0.1) is 13.8 Å². The molecule has 2 aromatic carbocycles. The van der Waals surface area contributed by atoms with Crippen LogP contribution in [0.5, 0.6) is 0 Å². The average molecular weight is 301 g/mol. The van der Waals surface area contributed by atoms with E-state index in [0.717, 1.165) is 36.6 Å². The van der Waals surface area contributed by atoms with Crippen molar-refractivity contribution >= 4 is 17.4 Å². The minimum Gasteiger partial charge on any atom is -0.368 e. The molecule has 0 bridgehead atoms. The first-order valence-corrected chi connectivity index (χ1v) is 8.10. The maximum Gasteiger partial charge on any atom is 0.0508 e. The zero-order valence-electron chi connectivity index (χ0n) is 15.2. The van der Waals surface area contributed by atoms with Gasteiger partial charge in [0.2, 0.25) is 0 Å². The fourth-order valence-corrected chi connectivity index (χ4v) is 3.63. The Morgan fingerprint density at radius 1 is 1.10 bits per heavy atom. The quantitative estimate of drug-likeness (QED) is 0.926. The van der Waals surface area contributed by atoms with Crippen LogP contribution < -0.4 is 10.2 Å². The summed E-state index contributed by atoms with van der Waals surface area (Å²) in [6.45, 7) is 3.96. The van der Waals surface area contributed by atoms with E-state index in [0.29, 0.717) is 5.56 Å². The van der Waals surface area contributed by atoms with Crippen LogP contribution in [0.1, 0.15) is 15.2 Å². The highest BCUT2D eigenvalue weighted by Crippen LogP contribution is 2.37. The van der Waals surface area contributed by atoms with Crippen LogP contribution in [0.25, 0.3) is 0 Å². The van der Waals surface area contributed by atoms with E-state index in [1.165, 1.54) is 10.6 Å². The molecule has 2 aromatic rings. The molecule has 0 radical (unpaired) electrons. The molecule has 1 aliphatic heterocycles. The summed E-state index contributed by atoms with van der Waals surface area (Å²) >= 11 is 1.71. The van der Waals surface area contributed by atoms with Crippen molar-refractivity contribution in [3.63, 3.8) is 0 Å². The van der Waals surface area contributed by atoms with Crippen LogP contribution >= 0.6 is 11.8 Å². The van der Waals surface area contributed by atoms with Gasteiger partial charge in [0.05, 0.1) is 5.69 Å². The van der Waals surface area contributed by atoms with Crippen molar-refractivity contribution in [2.45, 2.75) is 23.6 Å². The van der Waals surface area contributed by atoms with Crippen molar-refractivity contribution in [1.29, 1.82) is 0 Å². The molecule has 1 N–H and O–H groups in total. The summed E-state index contributed by atoms with van der Waals surface area (Å²) in [7, 11) is 0. The van der Waals surface area contributed by atoms with Gasteiger partial charge in [-0.2, -0.15) is 0 Å². The van der Waals surface area contributed by atoms with Gasteiger partial charge in [0.15, 0.2) is 0 Å². The van der Waals surface area contributed by atoms with Gasteiger partial charge in [-0.05, 0) is 37.5 Å². The Kier molecular flexibility index (Phi) is 3.48. The number of benzene rings is 2. The largest absolute Gasteiger partial charge is 0.368 e. The molecule has 0 aromatic heterocycles. The number of anilines is 1. The lowest BCUT2D eigenvalue weighted by molar-refractivity contribution is 0.587. The SMILES string of the molecule is [2H]C([2H])([2H])c1ccc(Sc2ccccc2N2CCNCC2)c(C)c1. The zero-order valence-corrected chi connectivity index (χ0v) is 13.0. The zero-order chi connectivity index (χ0) is 17.2. The Morgan fingerprint density at radius 3 is 2.67 bits per heavy atom. The number of aryl methyl sites for hydroxylation is 2. The van der Waals surface area contributed by atoms with Crippen LogP contribution in [0.3, 0.4) is 0 Å². The fourth-order valence-electron chi connectivity index (χ4n) is 2.59. The molecule has 1 fully saturated rings. The van der Waals surface area contributed by atoms with Gasteiger partial charge in [0.25, 0.3) is 0 Å². The highest BCUT2D eigenvalue weighted by Gasteiger charge is 2.14. The molecule has 0 saturated carbocycles. The maximum atomic E-state index is 7.54. The van der Waals surface area contributed by atoms with Gasteiger partial charge in [0, 0.05) is 40.1 Å². The molecule has 0 atom stereocenters. The van der Waals surface area contributed by atoms with E-state index in [4.69, 9.17) is 4.11 Å². The molecule has 1 aliphatic rings. The number of piperazine rings is 1. The van der Waals surface area contributed by atoms with Crippen LogP contribution in [0.15, 0.2) is 52.3 Å². The lowest BCUT2D eigenvalue weighted by Crippen LogP contribution is -2.43. The van der Waals surface area contributed by atoms with Crippen LogP contribution in [-0.4, -0.2) is 26.2 Å². The lowest BCUT2D eigenvalue weighted by Gasteiger charge is -2.31. The summed E-state index contributed by atoms with van der Waals surface area (Å²) in [5.41, 5.74) is 2.66. The van der Waals surface area contributed by atoms with Crippen molar-refractivity contribution < 1.29 is 4.11 Å². The molecule has 3 rings (SSSR count). The minimum atomic E-state index is -2.05. The van der Waals surface area contributed by atoms with Crippen molar-refractivity contribution in [3.05, 3.63) is 53.6 Å². The number of para-hydroxylation sites is 1. The molecule has 3 heteroatoms. The Balaban J connectivity index is 1.86. The Hall–Kier alpha value is -1.45. The summed E-state index contributed by atoms with van der Waals surface area (Å²) in [6.07, 6.45) is 0. The molecule has 0 aliphatic carbocycles. The van der Waals surface area contributed by atoms with Gasteiger partial charge in [-0.25, -0.2) is 0 Å². The Morgan fingerprint density at radius 2 is 1.90 bits per heavy atom. The summed E-state index contributed by atoms with van der Waals surface area (Å²) in [5, 5.41) is 3.38. The third-order valence-corrected chi connectivity index (χ3v) is 4.96. The molecule has 110 valence electrons. The molecule has 0 spiro atoms. The molecule has 21 heavy (non-hydrogen) atoms. The monoisotopic (exact) mass is 301 g/mol. The van der Waals surface area contributed by atoms with E-state index in [1.54, 1.807) is 23.9 Å². The number of rotatable bonds is 3. The van der Waals surface area contributed by atoms with E-state index in [1.807, 2.05) is 13.0 Å². The first kappa shape index (κ1) is 11.2. The van der Waals surface area contributed by atoms with Crippen molar-refractivity contribution in [3.8, 4) is 0 Å². The maximum absolute atomic E-state index is 7.54. The molecule has 0 unspecified atom stereocenters. The summed E-state index contributed by atoms with van der Waals surface area (Å²) in [6, 6.07) is 13.9. The molecule has 2 nitrogen and oxygen atoms in total. The van der Waals surface area contributed by atoms with E-state index in [-0.39, 0.29) is 0 Å². The Labute approximate surface area is 135 Å². The predicted octanol–water partition coefficient (Wildman–Crippen LogP) is 3.86. The van der Waals surface area contributed by atoms with E-state index in [2.05, 4.69) is 34.5 Å². The van der Waals surface area contributed by atoms with Gasteiger partial charge in [-0.3, -0.25) is 0 Å². The number of nitrogens with zero attached hydrogens (tertiary/aromatic N) is 1. The van der Waals surface area contributed by atoms with Crippen LogP contribution in [0.4, 0.5) is 5.69 Å². The van der Waals surface area contributed by atoms with E-state index < -0.39 is 6.85 Å². The first-order valence-electron chi connectivity index (χ1n) is 8.79. The van der Waals surface area contributed by atoms with Crippen molar-refractivity contribution in [2.24, 2.45) is 0 Å². The smallest absolute Gasteiger partial charge is 0.0508 e.